The highest BCUT2D eigenvalue weighted by Gasteiger charge is 2.04. The minimum absolute atomic E-state index is 0.600. The molecule has 0 aliphatic carbocycles. The largest absolute Gasteiger partial charge is 0.427 e. The molecule has 0 bridgehead atoms. The first kappa shape index (κ1) is 5.29. The van der Waals surface area contributed by atoms with Crippen LogP contribution in [0.2, 0.25) is 0 Å². The molecule has 0 unspecified atom stereocenters. The van der Waals surface area contributed by atoms with Crippen LogP contribution in [0.5, 0.6) is 0 Å². The van der Waals surface area contributed by atoms with Crippen molar-refractivity contribution in [2.75, 3.05) is 0 Å². The fourth-order valence-corrected chi connectivity index (χ4v) is 0.958. The van der Waals surface area contributed by atoms with Crippen LogP contribution in [-0.4, -0.2) is 14.9 Å². The van der Waals surface area contributed by atoms with Gasteiger partial charge in [0.05, 0.1) is 0 Å². The summed E-state index contributed by atoms with van der Waals surface area (Å²) < 4.78 is 1.01. The number of pyridine rings is 1. The van der Waals surface area contributed by atoms with E-state index in [9.17, 15) is 0 Å². The molecule has 2 rings (SSSR count). The Morgan fingerprint density at radius 2 is 2.30 bits per heavy atom. The monoisotopic (exact) mass is 134 g/mol. The second-order valence-electron chi connectivity index (χ2n) is 2.08. The summed E-state index contributed by atoms with van der Waals surface area (Å²) in [5, 5.41) is 9.11. The van der Waals surface area contributed by atoms with E-state index in [1.165, 1.54) is 0 Å². The molecule has 0 spiro atoms. The molecular weight excluding hydrogens is 128 g/mol. The van der Waals surface area contributed by atoms with Crippen LogP contribution in [0, 0.1) is 0 Å². The van der Waals surface area contributed by atoms with E-state index in [-0.39, 0.29) is 0 Å². The van der Waals surface area contributed by atoms with Gasteiger partial charge in [-0.25, -0.2) is 4.98 Å². The van der Waals surface area contributed by atoms with Crippen molar-refractivity contribution in [3.63, 3.8) is 0 Å². The first-order valence-electron chi connectivity index (χ1n) is 2.99. The second kappa shape index (κ2) is 1.73. The summed E-state index contributed by atoms with van der Waals surface area (Å²) in [6, 6.07) is 5.52. The minimum Gasteiger partial charge on any atom is -0.427 e. The highest BCUT2D eigenvalue weighted by Crippen LogP contribution is 2.16. The molecule has 10 heavy (non-hydrogen) atoms. The molecule has 0 fully saturated rings. The number of hydrogen-bond donors (Lipinski definition) is 1. The molecule has 0 atom stereocenters. The zero-order valence-electron chi connectivity index (χ0n) is 5.23. The van der Waals surface area contributed by atoms with Gasteiger partial charge >= 0.3 is 0 Å². The van der Waals surface area contributed by atoms with Crippen molar-refractivity contribution < 1.29 is 5.21 Å². The van der Waals surface area contributed by atoms with Gasteiger partial charge < -0.3 is 5.21 Å². The van der Waals surface area contributed by atoms with Gasteiger partial charge in [-0.3, -0.25) is 0 Å². The highest BCUT2D eigenvalue weighted by molar-refractivity contribution is 5.56. The Morgan fingerprint density at radius 1 is 1.40 bits per heavy atom. The SMILES string of the molecule is On1cccc2ccnc1-2. The van der Waals surface area contributed by atoms with E-state index >= 15 is 0 Å². The van der Waals surface area contributed by atoms with E-state index in [1.54, 1.807) is 18.5 Å². The van der Waals surface area contributed by atoms with Crippen LogP contribution in [0.25, 0.3) is 11.4 Å². The first-order chi connectivity index (χ1) is 4.88. The third-order valence-electron chi connectivity index (χ3n) is 1.43. The molecule has 0 aromatic carbocycles. The zero-order valence-corrected chi connectivity index (χ0v) is 5.23. The van der Waals surface area contributed by atoms with Gasteiger partial charge in [-0.15, -0.1) is 0 Å². The molecule has 0 amide bonds. The maximum Gasteiger partial charge on any atom is 0.175 e. The molecule has 2 heterocycles. The van der Waals surface area contributed by atoms with Crippen molar-refractivity contribution in [2.24, 2.45) is 0 Å². The van der Waals surface area contributed by atoms with E-state index in [0.29, 0.717) is 5.82 Å². The van der Waals surface area contributed by atoms with E-state index in [0.717, 1.165) is 10.3 Å². The van der Waals surface area contributed by atoms with Gasteiger partial charge in [-0.1, -0.05) is 0 Å². The van der Waals surface area contributed by atoms with Gasteiger partial charge in [0.15, 0.2) is 5.82 Å². The topological polar surface area (TPSA) is 38.0 Å². The average Bonchev–Trinajstić information content (AvgIpc) is 2.36. The van der Waals surface area contributed by atoms with Crippen molar-refractivity contribution in [1.82, 2.24) is 9.71 Å². The van der Waals surface area contributed by atoms with Gasteiger partial charge in [0, 0.05) is 18.0 Å². The lowest BCUT2D eigenvalue weighted by molar-refractivity contribution is 0.187. The first-order valence-corrected chi connectivity index (χ1v) is 2.99. The van der Waals surface area contributed by atoms with Gasteiger partial charge in [-0.2, -0.15) is 4.73 Å². The third-order valence-corrected chi connectivity index (χ3v) is 1.43. The molecule has 3 heteroatoms. The molecule has 0 aromatic heterocycles. The molecule has 0 radical (unpaired) electrons. The molecule has 0 saturated heterocycles. The summed E-state index contributed by atoms with van der Waals surface area (Å²) in [5.41, 5.74) is 0.949. The van der Waals surface area contributed by atoms with Crippen molar-refractivity contribution in [2.45, 2.75) is 0 Å². The van der Waals surface area contributed by atoms with Gasteiger partial charge in [0.2, 0.25) is 0 Å². The van der Waals surface area contributed by atoms with Gasteiger partial charge in [0.25, 0.3) is 0 Å². The molecule has 0 saturated carbocycles. The lowest BCUT2D eigenvalue weighted by atomic mass is 10.3. The molecule has 50 valence electrons. The van der Waals surface area contributed by atoms with Crippen LogP contribution in [0.15, 0.2) is 30.6 Å². The van der Waals surface area contributed by atoms with E-state index in [4.69, 9.17) is 5.21 Å². The fraction of sp³-hybridized carbons (Fsp3) is 0. The van der Waals surface area contributed by atoms with Crippen LogP contribution in [0.1, 0.15) is 0 Å². The summed E-state index contributed by atoms with van der Waals surface area (Å²) in [4.78, 5) is 3.93. The van der Waals surface area contributed by atoms with E-state index in [2.05, 4.69) is 4.98 Å². The average molecular weight is 134 g/mol. The Labute approximate surface area is 57.9 Å². The number of nitrogens with zero attached hydrogens (tertiary/aromatic N) is 2. The molecule has 2 aliphatic heterocycles. The molecule has 0 aromatic rings. The van der Waals surface area contributed by atoms with Gasteiger partial charge in [-0.05, 0) is 18.2 Å². The number of aromatic nitrogens is 2. The Balaban J connectivity index is 2.80. The lowest BCUT2D eigenvalue weighted by Gasteiger charge is -2.00. The van der Waals surface area contributed by atoms with Crippen LogP contribution < -0.4 is 0 Å². The lowest BCUT2D eigenvalue weighted by Crippen LogP contribution is -1.96. The summed E-state index contributed by atoms with van der Waals surface area (Å²) in [6.07, 6.45) is 3.22. The fourth-order valence-electron chi connectivity index (χ4n) is 0.958. The minimum atomic E-state index is 0.600. The quantitative estimate of drug-likeness (QED) is 0.550. The summed E-state index contributed by atoms with van der Waals surface area (Å²) in [6.45, 7) is 0. The predicted molar refractivity (Wildman–Crippen MR) is 36.0 cm³/mol. The highest BCUT2D eigenvalue weighted by atomic mass is 16.5. The standard InChI is InChI=1S/C7H6N2O/c10-9-5-1-2-6-3-4-8-7(6)9/h1-5,10H. The number of rotatable bonds is 0. The summed E-state index contributed by atoms with van der Waals surface area (Å²) >= 11 is 0. The third kappa shape index (κ3) is 0.572. The molecule has 2 aliphatic rings. The summed E-state index contributed by atoms with van der Waals surface area (Å²) in [7, 11) is 0. The van der Waals surface area contributed by atoms with Crippen LogP contribution in [-0.2, 0) is 0 Å². The Bertz CT molecular complexity index is 315. The van der Waals surface area contributed by atoms with Crippen molar-refractivity contribution in [3.8, 4) is 11.4 Å². The van der Waals surface area contributed by atoms with Crippen LogP contribution >= 0.6 is 0 Å². The van der Waals surface area contributed by atoms with Crippen molar-refractivity contribution in [3.05, 3.63) is 30.6 Å². The Kier molecular flexibility index (Phi) is 0.917. The number of hydrogen-bond acceptors (Lipinski definition) is 2. The maximum atomic E-state index is 9.11. The normalized spacial score (nSPS) is 10.4. The molecule has 3 nitrogen and oxygen atoms in total. The zero-order chi connectivity index (χ0) is 6.97. The summed E-state index contributed by atoms with van der Waals surface area (Å²) in [5.74, 6) is 0.600. The molecular formula is C7H6N2O. The van der Waals surface area contributed by atoms with Crippen molar-refractivity contribution in [1.29, 1.82) is 0 Å². The second-order valence-corrected chi connectivity index (χ2v) is 2.08. The maximum absolute atomic E-state index is 9.11. The molecule has 1 N–H and O–H groups in total. The van der Waals surface area contributed by atoms with Crippen LogP contribution in [0.3, 0.4) is 0 Å². The van der Waals surface area contributed by atoms with Crippen molar-refractivity contribution >= 4 is 0 Å². The number of fused-ring (bicyclic) bond motifs is 1. The van der Waals surface area contributed by atoms with E-state index < -0.39 is 0 Å². The van der Waals surface area contributed by atoms with Crippen LogP contribution in [0.4, 0.5) is 0 Å². The van der Waals surface area contributed by atoms with Gasteiger partial charge in [0.1, 0.15) is 0 Å². The predicted octanol–water partition coefficient (Wildman–Crippen LogP) is 1.23. The van der Waals surface area contributed by atoms with E-state index in [1.807, 2.05) is 12.1 Å². The Hall–Kier alpha value is -1.51. The smallest absolute Gasteiger partial charge is 0.175 e. The Morgan fingerprint density at radius 3 is 3.10 bits per heavy atom.